The van der Waals surface area contributed by atoms with Gasteiger partial charge in [0.2, 0.25) is 5.91 Å². The fourth-order valence-corrected chi connectivity index (χ4v) is 3.21. The molecule has 6 nitrogen and oxygen atoms in total. The van der Waals surface area contributed by atoms with Crippen molar-refractivity contribution in [2.45, 2.75) is 32.9 Å². The average Bonchev–Trinajstić information content (AvgIpc) is 3.17. The Morgan fingerprint density at radius 3 is 2.67 bits per heavy atom. The van der Waals surface area contributed by atoms with Crippen LogP contribution in [0.4, 0.5) is 4.39 Å². The van der Waals surface area contributed by atoms with Gasteiger partial charge in [0.15, 0.2) is 0 Å². The Balaban J connectivity index is 1.48. The summed E-state index contributed by atoms with van der Waals surface area (Å²) < 4.78 is 18.8. The largest absolute Gasteiger partial charge is 0.467 e. The zero-order valence-electron chi connectivity index (χ0n) is 15.3. The van der Waals surface area contributed by atoms with Gasteiger partial charge in [-0.25, -0.2) is 4.39 Å². The summed E-state index contributed by atoms with van der Waals surface area (Å²) in [5.74, 6) is -0.0108. The first-order chi connectivity index (χ1) is 13.0. The molecule has 1 aliphatic rings. The Labute approximate surface area is 157 Å². The highest BCUT2D eigenvalue weighted by molar-refractivity contribution is 5.94. The molecule has 7 heteroatoms. The molecule has 0 bridgehead atoms. The van der Waals surface area contributed by atoms with E-state index in [-0.39, 0.29) is 30.1 Å². The molecule has 1 aromatic carbocycles. The number of benzene rings is 1. The van der Waals surface area contributed by atoms with Crippen LogP contribution in [0.2, 0.25) is 0 Å². The van der Waals surface area contributed by atoms with Crippen LogP contribution >= 0.6 is 0 Å². The van der Waals surface area contributed by atoms with Gasteiger partial charge in [-0.1, -0.05) is 12.1 Å². The maximum Gasteiger partial charge on any atom is 0.257 e. The highest BCUT2D eigenvalue weighted by Gasteiger charge is 2.28. The predicted molar refractivity (Wildman–Crippen MR) is 98.2 cm³/mol. The minimum Gasteiger partial charge on any atom is -0.467 e. The van der Waals surface area contributed by atoms with E-state index >= 15 is 0 Å². The summed E-state index contributed by atoms with van der Waals surface area (Å²) in [7, 11) is 0. The van der Waals surface area contributed by atoms with E-state index in [9.17, 15) is 14.0 Å². The molecule has 1 aromatic heterocycles. The van der Waals surface area contributed by atoms with Crippen LogP contribution < -0.4 is 11.1 Å². The van der Waals surface area contributed by atoms with Gasteiger partial charge in [-0.2, -0.15) is 0 Å². The summed E-state index contributed by atoms with van der Waals surface area (Å²) in [5.41, 5.74) is 7.29. The van der Waals surface area contributed by atoms with Crippen LogP contribution in [0.25, 0.3) is 0 Å². The number of piperidine rings is 1. The van der Waals surface area contributed by atoms with Crippen molar-refractivity contribution in [1.82, 2.24) is 10.2 Å². The number of nitrogens with one attached hydrogen (secondary N) is 1. The molecule has 3 N–H and O–H groups in total. The van der Waals surface area contributed by atoms with Gasteiger partial charge in [-0.05, 0) is 43.0 Å². The van der Waals surface area contributed by atoms with E-state index in [4.69, 9.17) is 10.2 Å². The second kappa shape index (κ2) is 8.35. The molecule has 0 aliphatic carbocycles. The molecule has 0 atom stereocenters. The maximum atomic E-state index is 13.6. The van der Waals surface area contributed by atoms with Crippen LogP contribution in [0.1, 0.15) is 40.1 Å². The number of hydrogen-bond donors (Lipinski definition) is 2. The van der Waals surface area contributed by atoms with Crippen molar-refractivity contribution in [3.63, 3.8) is 0 Å². The third-order valence-corrected chi connectivity index (χ3v) is 4.96. The summed E-state index contributed by atoms with van der Waals surface area (Å²) in [4.78, 5) is 26.6. The van der Waals surface area contributed by atoms with Gasteiger partial charge in [0.25, 0.3) is 5.91 Å². The maximum absolute atomic E-state index is 13.6. The van der Waals surface area contributed by atoms with E-state index in [1.54, 1.807) is 30.0 Å². The molecule has 144 valence electrons. The number of furan rings is 1. The molecule has 1 saturated heterocycles. The lowest BCUT2D eigenvalue weighted by Crippen LogP contribution is -2.42. The highest BCUT2D eigenvalue weighted by Crippen LogP contribution is 2.20. The van der Waals surface area contributed by atoms with Crippen molar-refractivity contribution >= 4 is 11.8 Å². The first kappa shape index (κ1) is 19.1. The molecule has 1 fully saturated rings. The standard InChI is InChI=1S/C20H24FN3O3/c1-13-2-3-14(8-18(13)21)11-23-19(25)15-4-6-24(7-5-15)20(26)16-9-17(10-22)27-12-16/h2-3,8-9,12,15H,4-7,10-11,22H2,1H3,(H,23,25). The first-order valence-corrected chi connectivity index (χ1v) is 9.07. The van der Waals surface area contributed by atoms with Gasteiger partial charge in [0.1, 0.15) is 17.8 Å². The van der Waals surface area contributed by atoms with Gasteiger partial charge in [0.05, 0.1) is 12.1 Å². The van der Waals surface area contributed by atoms with Crippen LogP contribution in [-0.2, 0) is 17.9 Å². The number of aryl methyl sites for hydroxylation is 1. The Kier molecular flexibility index (Phi) is 5.91. The molecular weight excluding hydrogens is 349 g/mol. The monoisotopic (exact) mass is 373 g/mol. The summed E-state index contributed by atoms with van der Waals surface area (Å²) >= 11 is 0. The smallest absolute Gasteiger partial charge is 0.257 e. The van der Waals surface area contributed by atoms with Crippen molar-refractivity contribution < 1.29 is 18.4 Å². The van der Waals surface area contributed by atoms with Crippen molar-refractivity contribution in [3.8, 4) is 0 Å². The summed E-state index contributed by atoms with van der Waals surface area (Å²) in [6.45, 7) is 3.28. The molecule has 1 aliphatic heterocycles. The van der Waals surface area contributed by atoms with E-state index in [2.05, 4.69) is 5.32 Å². The topological polar surface area (TPSA) is 88.6 Å². The summed E-state index contributed by atoms with van der Waals surface area (Å²) in [6, 6.07) is 6.60. The molecule has 2 amide bonds. The zero-order valence-corrected chi connectivity index (χ0v) is 15.3. The Bertz CT molecular complexity index is 826. The number of halogens is 1. The van der Waals surface area contributed by atoms with Crippen molar-refractivity contribution in [2.75, 3.05) is 13.1 Å². The molecule has 2 aromatic rings. The molecule has 3 rings (SSSR count). The van der Waals surface area contributed by atoms with E-state index < -0.39 is 0 Å². The van der Waals surface area contributed by atoms with E-state index in [1.807, 2.05) is 0 Å². The Morgan fingerprint density at radius 1 is 1.30 bits per heavy atom. The van der Waals surface area contributed by atoms with Crippen molar-refractivity contribution in [2.24, 2.45) is 11.7 Å². The van der Waals surface area contributed by atoms with E-state index in [1.165, 1.54) is 12.3 Å². The molecule has 0 saturated carbocycles. The molecule has 0 radical (unpaired) electrons. The minimum absolute atomic E-state index is 0.0585. The molecule has 2 heterocycles. The molecule has 0 spiro atoms. The normalized spacial score (nSPS) is 15.0. The second-order valence-electron chi connectivity index (χ2n) is 6.87. The van der Waals surface area contributed by atoms with Gasteiger partial charge in [-0.3, -0.25) is 9.59 Å². The number of amides is 2. The first-order valence-electron chi connectivity index (χ1n) is 9.07. The van der Waals surface area contributed by atoms with Crippen molar-refractivity contribution in [1.29, 1.82) is 0 Å². The number of hydrogen-bond acceptors (Lipinski definition) is 4. The molecular formula is C20H24FN3O3. The van der Waals surface area contributed by atoms with Crippen LogP contribution in [0.15, 0.2) is 34.9 Å². The van der Waals surface area contributed by atoms with Crippen LogP contribution in [0.3, 0.4) is 0 Å². The van der Waals surface area contributed by atoms with Gasteiger partial charge in [0, 0.05) is 25.6 Å². The quantitative estimate of drug-likeness (QED) is 0.842. The van der Waals surface area contributed by atoms with Crippen LogP contribution in [0.5, 0.6) is 0 Å². The van der Waals surface area contributed by atoms with Gasteiger partial charge in [-0.15, -0.1) is 0 Å². The number of nitrogens with zero attached hydrogens (tertiary/aromatic N) is 1. The van der Waals surface area contributed by atoms with E-state index in [0.717, 1.165) is 5.56 Å². The minimum atomic E-state index is -0.273. The fraction of sp³-hybridized carbons (Fsp3) is 0.400. The lowest BCUT2D eigenvalue weighted by Gasteiger charge is -2.31. The highest BCUT2D eigenvalue weighted by atomic mass is 19.1. The zero-order chi connectivity index (χ0) is 19.4. The van der Waals surface area contributed by atoms with Crippen LogP contribution in [0, 0.1) is 18.7 Å². The third-order valence-electron chi connectivity index (χ3n) is 4.96. The number of carbonyl (C=O) groups excluding carboxylic acids is 2. The fourth-order valence-electron chi connectivity index (χ4n) is 3.21. The average molecular weight is 373 g/mol. The lowest BCUT2D eigenvalue weighted by molar-refractivity contribution is -0.126. The number of carbonyl (C=O) groups is 2. The van der Waals surface area contributed by atoms with Gasteiger partial charge < -0.3 is 20.4 Å². The third kappa shape index (κ3) is 4.54. The molecule has 27 heavy (non-hydrogen) atoms. The number of nitrogens with two attached hydrogens (primary N) is 1. The molecule has 0 unspecified atom stereocenters. The van der Waals surface area contributed by atoms with E-state index in [0.29, 0.717) is 49.4 Å². The Hall–Kier alpha value is -2.67. The predicted octanol–water partition coefficient (Wildman–Crippen LogP) is 2.35. The lowest BCUT2D eigenvalue weighted by atomic mass is 9.95. The van der Waals surface area contributed by atoms with Crippen LogP contribution in [-0.4, -0.2) is 29.8 Å². The van der Waals surface area contributed by atoms with Gasteiger partial charge >= 0.3 is 0 Å². The Morgan fingerprint density at radius 2 is 2.04 bits per heavy atom. The SMILES string of the molecule is Cc1ccc(CNC(=O)C2CCN(C(=O)c3coc(CN)c3)CC2)cc1F. The second-order valence-corrected chi connectivity index (χ2v) is 6.87. The van der Waals surface area contributed by atoms with Crippen molar-refractivity contribution in [3.05, 3.63) is 58.8 Å². The summed E-state index contributed by atoms with van der Waals surface area (Å²) in [5, 5.41) is 2.86. The number of likely N-dealkylation sites (tertiary alicyclic amines) is 1. The summed E-state index contributed by atoms with van der Waals surface area (Å²) in [6.07, 6.45) is 2.62. The number of rotatable bonds is 5.